The number of para-hydroxylation sites is 2. The van der Waals surface area contributed by atoms with E-state index in [1.807, 2.05) is 79.4 Å². The van der Waals surface area contributed by atoms with E-state index in [2.05, 4.69) is 31.1 Å². The molecule has 4 saturated heterocycles. The van der Waals surface area contributed by atoms with Crippen molar-refractivity contribution in [1.29, 1.82) is 0 Å². The molecule has 0 aliphatic carbocycles. The first-order valence-corrected chi connectivity index (χ1v) is 25.0. The van der Waals surface area contributed by atoms with E-state index in [9.17, 15) is 33.9 Å². The van der Waals surface area contributed by atoms with Crippen molar-refractivity contribution in [3.8, 4) is 11.5 Å². The summed E-state index contributed by atoms with van der Waals surface area (Å²) >= 11 is 0. The number of hydrogen-bond acceptors (Lipinski definition) is 16. The van der Waals surface area contributed by atoms with E-state index < -0.39 is 21.7 Å². The van der Waals surface area contributed by atoms with E-state index >= 15 is 0 Å². The van der Waals surface area contributed by atoms with Crippen LogP contribution in [0.3, 0.4) is 0 Å². The van der Waals surface area contributed by atoms with Crippen molar-refractivity contribution in [2.45, 2.75) is 50.9 Å². The summed E-state index contributed by atoms with van der Waals surface area (Å²) < 4.78 is 16.8. The Bertz CT molecular complexity index is 3060. The molecule has 4 aliphatic heterocycles. The Morgan fingerprint density at radius 3 is 1.49 bits per heavy atom. The van der Waals surface area contributed by atoms with E-state index in [-0.39, 0.29) is 75.7 Å². The van der Waals surface area contributed by atoms with Crippen LogP contribution in [-0.2, 0) is 9.47 Å². The zero-order valence-corrected chi connectivity index (χ0v) is 41.4. The highest BCUT2D eigenvalue weighted by Gasteiger charge is 2.35. The fraction of sp³-hybridized carbons (Fsp3) is 0.382. The summed E-state index contributed by atoms with van der Waals surface area (Å²) in [6.45, 7) is 12.3. The third-order valence-electron chi connectivity index (χ3n) is 14.4. The molecule has 6 aromatic carbocycles. The average molecular weight is 995 g/mol. The average Bonchev–Trinajstić information content (AvgIpc) is 3.44. The van der Waals surface area contributed by atoms with Crippen LogP contribution in [0.5, 0.6) is 11.5 Å². The highest BCUT2D eigenvalue weighted by molar-refractivity contribution is 6.00. The first-order valence-electron chi connectivity index (χ1n) is 25.0. The predicted octanol–water partition coefficient (Wildman–Crippen LogP) is 5.21. The molecule has 4 atom stereocenters. The number of morpholine rings is 2. The third-order valence-corrected chi connectivity index (χ3v) is 14.4. The Hall–Kier alpha value is -7.38. The second-order valence-electron chi connectivity index (χ2n) is 18.7. The van der Waals surface area contributed by atoms with E-state index in [1.165, 1.54) is 7.11 Å². The van der Waals surface area contributed by atoms with Crippen LogP contribution in [-0.4, -0.2) is 134 Å². The first kappa shape index (κ1) is 50.6. The van der Waals surface area contributed by atoms with Gasteiger partial charge in [0.25, 0.3) is 33.5 Å². The Kier molecular flexibility index (Phi) is 15.6. The van der Waals surface area contributed by atoms with E-state index in [1.54, 1.807) is 41.3 Å². The number of nitrogens with zero attached hydrogens (tertiary/aromatic N) is 4. The zero-order chi connectivity index (χ0) is 51.2. The van der Waals surface area contributed by atoms with Gasteiger partial charge in [-0.3, -0.25) is 38.6 Å². The Balaban J connectivity index is 0.000000180. The highest BCUT2D eigenvalue weighted by atomic mass is 16.5. The molecule has 73 heavy (non-hydrogen) atoms. The summed E-state index contributed by atoms with van der Waals surface area (Å²) in [5, 5.41) is 23.3. The van der Waals surface area contributed by atoms with Crippen molar-refractivity contribution in [1.82, 2.24) is 19.6 Å². The van der Waals surface area contributed by atoms with Crippen molar-refractivity contribution in [3.63, 3.8) is 0 Å². The van der Waals surface area contributed by atoms with Gasteiger partial charge in [-0.05, 0) is 48.2 Å². The van der Waals surface area contributed by atoms with Gasteiger partial charge in [0.15, 0.2) is 11.5 Å². The zero-order valence-electron chi connectivity index (χ0n) is 41.4. The number of fused-ring (bicyclic) bond motifs is 2. The number of rotatable bonds is 15. The fourth-order valence-electron chi connectivity index (χ4n) is 10.2. The normalized spacial score (nSPS) is 18.9. The minimum Gasteiger partial charge on any atom is -0.505 e. The molecule has 4 fully saturated rings. The van der Waals surface area contributed by atoms with Crippen molar-refractivity contribution in [3.05, 3.63) is 160 Å². The summed E-state index contributed by atoms with van der Waals surface area (Å²) in [5.41, 5.74) is 1.49. The van der Waals surface area contributed by atoms with Crippen molar-refractivity contribution >= 4 is 45.9 Å². The van der Waals surface area contributed by atoms with E-state index in [4.69, 9.17) is 14.2 Å². The van der Waals surface area contributed by atoms with Crippen molar-refractivity contribution in [2.24, 2.45) is 0 Å². The van der Waals surface area contributed by atoms with Gasteiger partial charge in [0.05, 0.1) is 80.2 Å². The SMILES string of the molecule is CC[C@@H](Nc1c(Nc2cccc(C(=O)N3CCN4CCOCC4C3)c2O)c(=O)c1=O)c1ccccc1.CC[C@@H](Nc1c(Nc2cccc(C(=O)N3CCN4CCOCC4C3)c2OC)c(=O)c1=O)c1ccccc1. The lowest BCUT2D eigenvalue weighted by molar-refractivity contribution is -0.0396. The summed E-state index contributed by atoms with van der Waals surface area (Å²) in [6, 6.07) is 29.5. The van der Waals surface area contributed by atoms with E-state index in [0.717, 1.165) is 50.3 Å². The lowest BCUT2D eigenvalue weighted by Gasteiger charge is -2.43. The smallest absolute Gasteiger partial charge is 0.257 e. The van der Waals surface area contributed by atoms with Gasteiger partial charge in [-0.2, -0.15) is 0 Å². The van der Waals surface area contributed by atoms with E-state index in [0.29, 0.717) is 69.4 Å². The number of amides is 2. The standard InChI is InChI=1S/C28H32N4O5.C27H30N4O5/c1-3-21(18-8-5-4-6-9-18)29-23-24(26(34)25(23)33)30-22-11-7-10-20(27(22)36-2)28(35)32-13-12-31-14-15-37-17-19(31)16-32;1-2-20(17-7-4-3-5-8-17)28-22-23(26(34)25(22)33)29-21-10-6-9-19(24(21)32)27(35)31-12-11-30-13-14-36-16-18(30)15-31/h4-11,19,21,29-30H,3,12-17H2,1-2H3;3-10,18,20,28-29,32H,2,11-16H2,1H3/t19?,21-;18?,20-/m11/s1. The van der Waals surface area contributed by atoms with Crippen molar-refractivity contribution in [2.75, 3.05) is 107 Å². The molecular weight excluding hydrogens is 933 g/mol. The number of aromatic hydroxyl groups is 1. The molecule has 10 rings (SSSR count). The lowest BCUT2D eigenvalue weighted by atomic mass is 10.0. The second-order valence-corrected chi connectivity index (χ2v) is 18.7. The van der Waals surface area contributed by atoms with Gasteiger partial charge < -0.3 is 50.4 Å². The molecule has 18 heteroatoms. The molecule has 382 valence electrons. The van der Waals surface area contributed by atoms with Crippen LogP contribution in [0.2, 0.25) is 0 Å². The number of phenols is 1. The lowest BCUT2D eigenvalue weighted by Crippen LogP contribution is -2.59. The molecule has 6 aromatic rings. The Morgan fingerprint density at radius 1 is 0.575 bits per heavy atom. The van der Waals surface area contributed by atoms with Crippen LogP contribution in [0.15, 0.2) is 116 Å². The number of piperazine rings is 2. The number of nitrogens with one attached hydrogen (secondary N) is 4. The molecule has 4 aliphatic rings. The number of carbonyl (C=O) groups excluding carboxylic acids is 2. The maximum Gasteiger partial charge on any atom is 0.257 e. The molecule has 0 spiro atoms. The Labute approximate surface area is 422 Å². The quantitative estimate of drug-likeness (QED) is 0.0661. The number of methoxy groups -OCH3 is 1. The third kappa shape index (κ3) is 10.6. The summed E-state index contributed by atoms with van der Waals surface area (Å²) in [7, 11) is 1.49. The maximum atomic E-state index is 13.5. The van der Waals surface area contributed by atoms with Crippen LogP contribution in [0.25, 0.3) is 0 Å². The van der Waals surface area contributed by atoms with Crippen LogP contribution < -0.4 is 47.7 Å². The van der Waals surface area contributed by atoms with Gasteiger partial charge in [0, 0.05) is 52.4 Å². The minimum absolute atomic E-state index is 0.0854. The summed E-state index contributed by atoms with van der Waals surface area (Å²) in [5.74, 6) is -0.327. The molecule has 4 heterocycles. The number of carbonyl (C=O) groups is 2. The molecule has 2 amide bonds. The predicted molar refractivity (Wildman–Crippen MR) is 281 cm³/mol. The molecular formula is C55H62N8O10. The van der Waals surface area contributed by atoms with Gasteiger partial charge in [-0.1, -0.05) is 86.6 Å². The molecule has 5 N–H and O–H groups in total. The number of anilines is 6. The number of benzene rings is 4. The molecule has 0 bridgehead atoms. The summed E-state index contributed by atoms with van der Waals surface area (Å²) in [4.78, 5) is 84.8. The van der Waals surface area contributed by atoms with Gasteiger partial charge in [-0.25, -0.2) is 0 Å². The fourth-order valence-corrected chi connectivity index (χ4v) is 10.2. The topological polar surface area (TPSA) is 211 Å². The van der Waals surface area contributed by atoms with Gasteiger partial charge in [-0.15, -0.1) is 0 Å². The van der Waals surface area contributed by atoms with Gasteiger partial charge >= 0.3 is 0 Å². The largest absolute Gasteiger partial charge is 0.505 e. The monoisotopic (exact) mass is 994 g/mol. The summed E-state index contributed by atoms with van der Waals surface area (Å²) in [6.07, 6.45) is 1.44. The number of phenolic OH excluding ortho intramolecular Hbond substituents is 1. The number of hydrogen-bond donors (Lipinski definition) is 5. The van der Waals surface area contributed by atoms with Crippen LogP contribution in [0.1, 0.15) is 70.6 Å². The second kappa shape index (κ2) is 22.6. The molecule has 18 nitrogen and oxygen atoms in total. The van der Waals surface area contributed by atoms with Crippen LogP contribution >= 0.6 is 0 Å². The van der Waals surface area contributed by atoms with Gasteiger partial charge in [0.1, 0.15) is 22.7 Å². The first-order chi connectivity index (χ1) is 35.5. The van der Waals surface area contributed by atoms with Gasteiger partial charge in [0.2, 0.25) is 0 Å². The van der Waals surface area contributed by atoms with Crippen molar-refractivity contribution < 1.29 is 28.9 Å². The number of ether oxygens (including phenoxy) is 3. The molecule has 0 radical (unpaired) electrons. The van der Waals surface area contributed by atoms with Crippen LogP contribution in [0.4, 0.5) is 34.1 Å². The highest BCUT2D eigenvalue weighted by Crippen LogP contribution is 2.36. The maximum absolute atomic E-state index is 13.5. The molecule has 2 unspecified atom stereocenters. The Morgan fingerprint density at radius 2 is 1.01 bits per heavy atom. The molecule has 0 saturated carbocycles. The molecule has 0 aromatic heterocycles. The van der Waals surface area contributed by atoms with Crippen LogP contribution in [0, 0.1) is 0 Å². The minimum atomic E-state index is -0.662.